The molecule has 4 N–H and O–H groups in total. The van der Waals surface area contributed by atoms with E-state index in [2.05, 4.69) is 0 Å². The van der Waals surface area contributed by atoms with E-state index in [1.807, 2.05) is 0 Å². The van der Waals surface area contributed by atoms with Gasteiger partial charge in [-0.3, -0.25) is 9.59 Å². The maximum Gasteiger partial charge on any atom is 0.442 e. The number of rotatable bonds is 6. The normalized spacial score (nSPS) is 30.0. The highest BCUT2D eigenvalue weighted by atomic mass is 32.3. The Labute approximate surface area is 176 Å². The Hall–Kier alpha value is -3.17. The van der Waals surface area contributed by atoms with Crippen LogP contribution in [0.3, 0.4) is 0 Å². The van der Waals surface area contributed by atoms with Crippen molar-refractivity contribution in [2.75, 3.05) is 13.1 Å². The van der Waals surface area contributed by atoms with Crippen molar-refractivity contribution in [3.8, 4) is 0 Å². The quantitative estimate of drug-likeness (QED) is 0.427. The molecule has 0 spiro atoms. The minimum atomic E-state index is -4.94. The summed E-state index contributed by atoms with van der Waals surface area (Å²) in [4.78, 5) is 50.5. The van der Waals surface area contributed by atoms with Gasteiger partial charge < -0.3 is 21.3 Å². The third-order valence-electron chi connectivity index (χ3n) is 5.66. The molecule has 2 fully saturated rings. The maximum atomic E-state index is 12.6. The van der Waals surface area contributed by atoms with Gasteiger partial charge in [0.15, 0.2) is 0 Å². The van der Waals surface area contributed by atoms with E-state index in [0.717, 1.165) is 9.80 Å². The number of hydroxylamine groups is 4. The summed E-state index contributed by atoms with van der Waals surface area (Å²) in [6.07, 6.45) is 2.90. The molecule has 0 aliphatic carbocycles. The first-order valence-corrected chi connectivity index (χ1v) is 10.5. The van der Waals surface area contributed by atoms with Crippen LogP contribution in [0.4, 0.5) is 9.59 Å². The largest absolute Gasteiger partial charge is 0.442 e. The number of nitrogens with two attached hydrogens (primary N) is 2. The van der Waals surface area contributed by atoms with Crippen molar-refractivity contribution in [1.82, 2.24) is 19.9 Å². The summed E-state index contributed by atoms with van der Waals surface area (Å²) < 4.78 is 34.9. The second kappa shape index (κ2) is 6.93. The molecule has 15 heteroatoms. The van der Waals surface area contributed by atoms with Gasteiger partial charge in [0.1, 0.15) is 24.2 Å². The molecule has 0 aromatic rings. The van der Waals surface area contributed by atoms with E-state index >= 15 is 0 Å². The number of nitrogens with zero attached hydrogens (tertiary/aromatic N) is 4. The van der Waals surface area contributed by atoms with Gasteiger partial charge in [0, 0.05) is 0 Å². The summed E-state index contributed by atoms with van der Waals surface area (Å²) >= 11 is 0. The fourth-order valence-corrected chi connectivity index (χ4v) is 4.83. The lowest BCUT2D eigenvalue weighted by Gasteiger charge is -2.26. The lowest BCUT2D eigenvalue weighted by Crippen LogP contribution is -2.46. The van der Waals surface area contributed by atoms with Crippen molar-refractivity contribution in [2.45, 2.75) is 38.0 Å². The van der Waals surface area contributed by atoms with Crippen LogP contribution in [0.25, 0.3) is 0 Å². The average molecular weight is 456 g/mol. The highest BCUT2D eigenvalue weighted by molar-refractivity contribution is 7.81. The molecule has 4 rings (SSSR count). The molecule has 0 radical (unpaired) electrons. The molecule has 4 atom stereocenters. The summed E-state index contributed by atoms with van der Waals surface area (Å²) in [5.74, 6) is -1.55. The lowest BCUT2D eigenvalue weighted by molar-refractivity contribution is -0.121. The Morgan fingerprint density at radius 3 is 1.55 bits per heavy atom. The van der Waals surface area contributed by atoms with Gasteiger partial charge in [0.25, 0.3) is 0 Å². The summed E-state index contributed by atoms with van der Waals surface area (Å²) in [6.45, 7) is 3.18. The van der Waals surface area contributed by atoms with Crippen LogP contribution in [-0.2, 0) is 28.6 Å². The van der Waals surface area contributed by atoms with Gasteiger partial charge in [0.05, 0.1) is 13.1 Å². The molecule has 31 heavy (non-hydrogen) atoms. The van der Waals surface area contributed by atoms with Crippen molar-refractivity contribution in [3.63, 3.8) is 0 Å². The molecule has 0 aromatic heterocycles. The second-order valence-electron chi connectivity index (χ2n) is 7.63. The van der Waals surface area contributed by atoms with Crippen LogP contribution < -0.4 is 11.5 Å². The average Bonchev–Trinajstić information content (AvgIpc) is 3.09. The molecule has 4 bridgehead atoms. The van der Waals surface area contributed by atoms with Crippen LogP contribution in [0.2, 0.25) is 0 Å². The Morgan fingerprint density at radius 1 is 0.871 bits per heavy atom. The van der Waals surface area contributed by atoms with E-state index in [4.69, 9.17) is 20.0 Å². The van der Waals surface area contributed by atoms with Gasteiger partial charge in [0.2, 0.25) is 11.8 Å². The maximum absolute atomic E-state index is 12.6. The fraction of sp³-hybridized carbons (Fsp3) is 0.500. The number of hydrogen-bond acceptors (Lipinski definition) is 8. The van der Waals surface area contributed by atoms with Crippen molar-refractivity contribution in [2.24, 2.45) is 11.5 Å². The predicted molar refractivity (Wildman–Crippen MR) is 100 cm³/mol. The Kier molecular flexibility index (Phi) is 4.71. The number of carbonyl (C=O) groups is 4. The van der Waals surface area contributed by atoms with Crippen LogP contribution >= 0.6 is 0 Å². The molecule has 4 aliphatic heterocycles. The number of amides is 6. The number of urea groups is 2. The molecule has 168 valence electrons. The zero-order valence-corrected chi connectivity index (χ0v) is 17.3. The highest BCUT2D eigenvalue weighted by Crippen LogP contribution is 2.33. The van der Waals surface area contributed by atoms with Crippen LogP contribution in [0.5, 0.6) is 0 Å². The summed E-state index contributed by atoms with van der Waals surface area (Å²) in [5.41, 5.74) is 11.6. The van der Waals surface area contributed by atoms with Gasteiger partial charge in [-0.2, -0.15) is 18.5 Å². The third kappa shape index (κ3) is 3.30. The Balaban J connectivity index is 1.53. The minimum absolute atomic E-state index is 0.00845. The molecule has 6 amide bonds. The predicted octanol–water partition coefficient (Wildman–Crippen LogP) is -2.07. The smallest absolute Gasteiger partial charge is 0.368 e. The van der Waals surface area contributed by atoms with Crippen molar-refractivity contribution < 1.29 is 36.2 Å². The molecule has 0 saturated carbocycles. The second-order valence-corrected chi connectivity index (χ2v) is 8.74. The molecular weight excluding hydrogens is 436 g/mol. The third-order valence-corrected chi connectivity index (χ3v) is 6.35. The zero-order valence-electron chi connectivity index (χ0n) is 16.5. The van der Waals surface area contributed by atoms with E-state index in [9.17, 15) is 27.6 Å². The Morgan fingerprint density at radius 2 is 1.23 bits per heavy atom. The zero-order chi connectivity index (χ0) is 22.8. The summed E-state index contributed by atoms with van der Waals surface area (Å²) in [7, 11) is -4.94. The van der Waals surface area contributed by atoms with Gasteiger partial charge in [-0.05, 0) is 25.0 Å². The highest BCUT2D eigenvalue weighted by Gasteiger charge is 2.52. The van der Waals surface area contributed by atoms with E-state index < -0.39 is 58.4 Å². The number of carbonyl (C=O) groups excluding carboxylic acids is 4. The van der Waals surface area contributed by atoms with Crippen molar-refractivity contribution in [1.29, 1.82) is 0 Å². The van der Waals surface area contributed by atoms with Crippen LogP contribution in [-0.4, -0.2) is 89.5 Å². The van der Waals surface area contributed by atoms with E-state index in [0.29, 0.717) is 21.3 Å². The minimum Gasteiger partial charge on any atom is -0.368 e. The van der Waals surface area contributed by atoms with Crippen LogP contribution in [0.1, 0.15) is 13.8 Å². The van der Waals surface area contributed by atoms with Gasteiger partial charge in [-0.1, -0.05) is 12.2 Å². The summed E-state index contributed by atoms with van der Waals surface area (Å²) in [5, 5.41) is 1.12. The standard InChI is InChI=1S/C16H20N6O8S/c1-7-3-9(13(17)23)19-5-11(7)21(15(19)25)29-31(27,28)30-22-12-6-20(16(22)26)10(14(18)24)4-8(12)2/h3-4,9-12H,5-6H2,1-2H3,(H2,17,23)(H2,18,24)/t9-,10-,11-,12-/m0/s1. The molecule has 0 unspecified atom stereocenters. The van der Waals surface area contributed by atoms with E-state index in [-0.39, 0.29) is 13.1 Å². The lowest BCUT2D eigenvalue weighted by atomic mass is 10.0. The van der Waals surface area contributed by atoms with Crippen molar-refractivity contribution >= 4 is 34.3 Å². The number of primary amides is 2. The molecule has 0 aromatic carbocycles. The summed E-state index contributed by atoms with van der Waals surface area (Å²) in [6, 6.07) is -5.44. The fourth-order valence-electron chi connectivity index (χ4n) is 4.07. The number of hydrogen-bond donors (Lipinski definition) is 2. The molecular formula is C16H20N6O8S. The van der Waals surface area contributed by atoms with Crippen LogP contribution in [0.15, 0.2) is 23.3 Å². The van der Waals surface area contributed by atoms with E-state index in [1.165, 1.54) is 12.2 Å². The Bertz CT molecular complexity index is 978. The molecule has 14 nitrogen and oxygen atoms in total. The first kappa shape index (κ1) is 21.1. The van der Waals surface area contributed by atoms with Crippen LogP contribution in [0, 0.1) is 0 Å². The van der Waals surface area contributed by atoms with Gasteiger partial charge in [-0.15, -0.1) is 8.57 Å². The van der Waals surface area contributed by atoms with Crippen molar-refractivity contribution in [3.05, 3.63) is 23.3 Å². The molecule has 4 aliphatic rings. The first-order valence-electron chi connectivity index (χ1n) is 9.20. The van der Waals surface area contributed by atoms with Gasteiger partial charge in [-0.25, -0.2) is 9.59 Å². The van der Waals surface area contributed by atoms with E-state index in [1.54, 1.807) is 13.8 Å². The topological polar surface area (TPSA) is 186 Å². The number of fused-ring (bicyclic) bond motifs is 4. The van der Waals surface area contributed by atoms with Gasteiger partial charge >= 0.3 is 22.5 Å². The monoisotopic (exact) mass is 456 g/mol. The SMILES string of the molecule is CC1=C[C@@H](C(N)=O)N2C[C@@H]1N(OS(=O)(=O)ON1C(=O)N3C[C@H]1C(C)=C[C@H]3C(N)=O)C2=O. The first-order chi connectivity index (χ1) is 14.4. The molecule has 2 saturated heterocycles. The molecule has 4 heterocycles.